The van der Waals surface area contributed by atoms with Crippen molar-refractivity contribution in [2.45, 2.75) is 25.7 Å². The Morgan fingerprint density at radius 2 is 1.91 bits per heavy atom. The summed E-state index contributed by atoms with van der Waals surface area (Å²) in [6.45, 7) is 0.355. The van der Waals surface area contributed by atoms with Gasteiger partial charge in [0.25, 0.3) is 0 Å². The van der Waals surface area contributed by atoms with Gasteiger partial charge in [-0.05, 0) is 30.9 Å². The number of carbonyl (C=O) groups is 1. The minimum Gasteiger partial charge on any atom is -0.449 e. The molecule has 1 aliphatic carbocycles. The quantitative estimate of drug-likeness (QED) is 0.370. The molecular weight excluding hydrogens is 452 g/mol. The number of anilines is 1. The van der Waals surface area contributed by atoms with E-state index in [9.17, 15) is 10.1 Å². The predicted octanol–water partition coefficient (Wildman–Crippen LogP) is 5.95. The molecule has 0 radical (unpaired) electrons. The highest BCUT2D eigenvalue weighted by atomic mass is 35.5. The van der Waals surface area contributed by atoms with Crippen LogP contribution in [-0.2, 0) is 4.74 Å². The summed E-state index contributed by atoms with van der Waals surface area (Å²) in [6, 6.07) is 15.1. The number of amides is 1. The van der Waals surface area contributed by atoms with Crippen LogP contribution >= 0.6 is 11.6 Å². The summed E-state index contributed by atoms with van der Waals surface area (Å²) >= 11 is 6.46. The van der Waals surface area contributed by atoms with Gasteiger partial charge in [-0.2, -0.15) is 10.4 Å². The smallest absolute Gasteiger partial charge is 0.412 e. The zero-order valence-electron chi connectivity index (χ0n) is 18.2. The molecular formula is C25H21ClN6O2. The lowest BCUT2D eigenvalue weighted by Crippen LogP contribution is -2.19. The molecule has 5 rings (SSSR count). The van der Waals surface area contributed by atoms with E-state index in [0.717, 1.165) is 36.6 Å². The third kappa shape index (κ3) is 4.43. The lowest BCUT2D eigenvalue weighted by atomic mass is 10.0. The van der Waals surface area contributed by atoms with Gasteiger partial charge in [0, 0.05) is 16.5 Å². The average molecular weight is 473 g/mol. The number of benzene rings is 2. The van der Waals surface area contributed by atoms with Gasteiger partial charge < -0.3 is 4.74 Å². The maximum absolute atomic E-state index is 12.5. The van der Waals surface area contributed by atoms with E-state index in [2.05, 4.69) is 25.5 Å². The van der Waals surface area contributed by atoms with Crippen LogP contribution in [0.1, 0.15) is 31.4 Å². The van der Waals surface area contributed by atoms with Crippen LogP contribution in [0.3, 0.4) is 0 Å². The van der Waals surface area contributed by atoms with Gasteiger partial charge in [-0.15, -0.1) is 0 Å². The van der Waals surface area contributed by atoms with Gasteiger partial charge in [-0.1, -0.05) is 54.8 Å². The number of ether oxygens (including phenoxy) is 1. The van der Waals surface area contributed by atoms with Gasteiger partial charge in [0.15, 0.2) is 11.5 Å². The number of hydrogen-bond acceptors (Lipinski definition) is 6. The number of carbonyl (C=O) groups excluding carboxylic acids is 1. The summed E-state index contributed by atoms with van der Waals surface area (Å²) in [5.74, 6) is 0.439. The number of aromatic nitrogens is 4. The van der Waals surface area contributed by atoms with Crippen molar-refractivity contribution < 1.29 is 9.53 Å². The van der Waals surface area contributed by atoms with Crippen LogP contribution in [0.25, 0.3) is 33.4 Å². The van der Waals surface area contributed by atoms with Gasteiger partial charge in [-0.25, -0.2) is 14.8 Å². The molecule has 4 aromatic rings. The standard InChI is InChI=1S/C25H21ClN6O2/c26-19-11-17(10-18-13-28-32-21(18)19)23-22(16-8-2-1-3-9-16)30-24(20(12-27)29-23)31-25(33)34-14-15-6-4-5-7-15/h1-3,8-11,13,15H,4-7,14H2,(H,28,32)(H,30,31,33). The van der Waals surface area contributed by atoms with Crippen LogP contribution in [0.5, 0.6) is 0 Å². The molecule has 1 saturated carbocycles. The molecule has 9 heteroatoms. The summed E-state index contributed by atoms with van der Waals surface area (Å²) < 4.78 is 5.39. The topological polar surface area (TPSA) is 117 Å². The first kappa shape index (κ1) is 21.9. The van der Waals surface area contributed by atoms with Crippen molar-refractivity contribution in [2.75, 3.05) is 11.9 Å². The van der Waals surface area contributed by atoms with E-state index >= 15 is 0 Å². The number of nitrogens with zero attached hydrogens (tertiary/aromatic N) is 4. The maximum Gasteiger partial charge on any atom is 0.412 e. The number of halogens is 1. The van der Waals surface area contributed by atoms with Crippen molar-refractivity contribution in [2.24, 2.45) is 5.92 Å². The molecule has 2 aromatic heterocycles. The fourth-order valence-corrected chi connectivity index (χ4v) is 4.52. The van der Waals surface area contributed by atoms with Crippen molar-refractivity contribution in [1.29, 1.82) is 5.26 Å². The second-order valence-electron chi connectivity index (χ2n) is 8.26. The van der Waals surface area contributed by atoms with E-state index < -0.39 is 6.09 Å². The first-order valence-corrected chi connectivity index (χ1v) is 11.4. The molecule has 0 spiro atoms. The first-order chi connectivity index (χ1) is 16.6. The summed E-state index contributed by atoms with van der Waals surface area (Å²) in [5.41, 5.74) is 3.12. The maximum atomic E-state index is 12.5. The third-order valence-corrected chi connectivity index (χ3v) is 6.27. The molecule has 0 saturated heterocycles. The molecule has 1 aliphatic rings. The largest absolute Gasteiger partial charge is 0.449 e. The highest BCUT2D eigenvalue weighted by molar-refractivity contribution is 6.35. The molecule has 0 aliphatic heterocycles. The molecule has 2 aromatic carbocycles. The lowest BCUT2D eigenvalue weighted by molar-refractivity contribution is 0.141. The molecule has 1 fully saturated rings. The molecule has 170 valence electrons. The third-order valence-electron chi connectivity index (χ3n) is 5.97. The minimum absolute atomic E-state index is 0.0177. The Labute approximate surface area is 200 Å². The zero-order valence-corrected chi connectivity index (χ0v) is 19.0. The normalized spacial score (nSPS) is 13.6. The number of hydrogen-bond donors (Lipinski definition) is 2. The molecule has 1 amide bonds. The Hall–Kier alpha value is -3.96. The molecule has 34 heavy (non-hydrogen) atoms. The van der Waals surface area contributed by atoms with E-state index in [0.29, 0.717) is 40.0 Å². The molecule has 0 atom stereocenters. The Morgan fingerprint density at radius 3 is 2.68 bits per heavy atom. The van der Waals surface area contributed by atoms with Crippen molar-refractivity contribution in [3.8, 4) is 28.6 Å². The van der Waals surface area contributed by atoms with Crippen molar-refractivity contribution in [3.63, 3.8) is 0 Å². The Balaban J connectivity index is 1.55. The van der Waals surface area contributed by atoms with Gasteiger partial charge in [0.1, 0.15) is 6.07 Å². The number of nitrogens with one attached hydrogen (secondary N) is 2. The molecule has 0 bridgehead atoms. The van der Waals surface area contributed by atoms with Crippen LogP contribution in [0.15, 0.2) is 48.7 Å². The van der Waals surface area contributed by atoms with E-state index in [4.69, 9.17) is 16.3 Å². The fraction of sp³-hybridized carbons (Fsp3) is 0.240. The fourth-order valence-electron chi connectivity index (χ4n) is 4.25. The number of fused-ring (bicyclic) bond motifs is 1. The summed E-state index contributed by atoms with van der Waals surface area (Å²) in [4.78, 5) is 21.7. The monoisotopic (exact) mass is 472 g/mol. The molecule has 2 N–H and O–H groups in total. The second-order valence-corrected chi connectivity index (χ2v) is 8.67. The van der Waals surface area contributed by atoms with Gasteiger partial charge >= 0.3 is 6.09 Å². The van der Waals surface area contributed by atoms with Crippen LogP contribution in [0.4, 0.5) is 10.6 Å². The van der Waals surface area contributed by atoms with E-state index in [1.165, 1.54) is 0 Å². The second kappa shape index (κ2) is 9.49. The van der Waals surface area contributed by atoms with Crippen LogP contribution in [0.2, 0.25) is 5.02 Å². The van der Waals surface area contributed by atoms with Gasteiger partial charge in [0.05, 0.1) is 34.7 Å². The number of rotatable bonds is 5. The molecule has 0 unspecified atom stereocenters. The van der Waals surface area contributed by atoms with E-state index in [1.807, 2.05) is 42.5 Å². The summed E-state index contributed by atoms with van der Waals surface area (Å²) in [7, 11) is 0. The van der Waals surface area contributed by atoms with Crippen LogP contribution in [-0.4, -0.2) is 32.9 Å². The molecule has 8 nitrogen and oxygen atoms in total. The SMILES string of the molecule is N#Cc1nc(-c2cc(Cl)c3[nH]ncc3c2)c(-c2ccccc2)nc1NC(=O)OCC1CCCC1. The zero-order chi connectivity index (χ0) is 23.5. The van der Waals surface area contributed by atoms with Crippen molar-refractivity contribution >= 4 is 34.4 Å². The first-order valence-electron chi connectivity index (χ1n) is 11.1. The predicted molar refractivity (Wildman–Crippen MR) is 129 cm³/mol. The van der Waals surface area contributed by atoms with Crippen LogP contribution < -0.4 is 5.32 Å². The van der Waals surface area contributed by atoms with Gasteiger partial charge in [-0.3, -0.25) is 10.4 Å². The highest BCUT2D eigenvalue weighted by Gasteiger charge is 2.21. The van der Waals surface area contributed by atoms with Crippen molar-refractivity contribution in [3.05, 3.63) is 59.4 Å². The van der Waals surface area contributed by atoms with E-state index in [-0.39, 0.29) is 11.5 Å². The van der Waals surface area contributed by atoms with Gasteiger partial charge in [0.2, 0.25) is 0 Å². The number of H-pyrrole nitrogens is 1. The highest BCUT2D eigenvalue weighted by Crippen LogP contribution is 2.35. The number of aromatic amines is 1. The Bertz CT molecular complexity index is 1390. The lowest BCUT2D eigenvalue weighted by Gasteiger charge is -2.14. The average Bonchev–Trinajstić information content (AvgIpc) is 3.55. The molecule has 2 heterocycles. The van der Waals surface area contributed by atoms with Crippen LogP contribution in [0, 0.1) is 17.2 Å². The number of nitriles is 1. The minimum atomic E-state index is -0.646. The Kier molecular flexibility index (Phi) is 6.11. The van der Waals surface area contributed by atoms with E-state index in [1.54, 1.807) is 12.3 Å². The summed E-state index contributed by atoms with van der Waals surface area (Å²) in [6.07, 6.45) is 5.47. The van der Waals surface area contributed by atoms with Crippen molar-refractivity contribution in [1.82, 2.24) is 20.2 Å². The summed E-state index contributed by atoms with van der Waals surface area (Å²) in [5, 5.41) is 20.6. The Morgan fingerprint density at radius 1 is 1.15 bits per heavy atom.